The van der Waals surface area contributed by atoms with Gasteiger partial charge in [-0.15, -0.1) is 0 Å². The van der Waals surface area contributed by atoms with Gasteiger partial charge in [-0.2, -0.15) is 5.10 Å². The van der Waals surface area contributed by atoms with E-state index in [4.69, 9.17) is 0 Å². The second-order valence-corrected chi connectivity index (χ2v) is 10.2. The first-order chi connectivity index (χ1) is 13.7. The Morgan fingerprint density at radius 3 is 2.52 bits per heavy atom. The Morgan fingerprint density at radius 2 is 1.86 bits per heavy atom. The second-order valence-electron chi connectivity index (χ2n) is 8.02. The van der Waals surface area contributed by atoms with Crippen LogP contribution in [0.5, 0.6) is 0 Å². The highest BCUT2D eigenvalue weighted by Gasteiger charge is 2.32. The molecule has 9 heteroatoms. The molecule has 3 heterocycles. The van der Waals surface area contributed by atoms with Crippen molar-refractivity contribution in [1.82, 2.24) is 14.7 Å². The highest BCUT2D eigenvalue weighted by molar-refractivity contribution is 7.91. The number of halogens is 2. The van der Waals surface area contributed by atoms with Gasteiger partial charge in [-0.05, 0) is 38.5 Å². The van der Waals surface area contributed by atoms with Crippen molar-refractivity contribution < 1.29 is 17.2 Å². The number of nitrogens with zero attached hydrogens (tertiary/aromatic N) is 4. The molecule has 6 nitrogen and oxygen atoms in total. The number of aryl methyl sites for hydroxylation is 1. The summed E-state index contributed by atoms with van der Waals surface area (Å²) in [5.74, 6) is -0.428. The third-order valence-electron chi connectivity index (χ3n) is 5.93. The first kappa shape index (κ1) is 20.3. The van der Waals surface area contributed by atoms with Crippen LogP contribution in [0.1, 0.15) is 29.4 Å². The minimum absolute atomic E-state index is 0.0929. The maximum Gasteiger partial charge on any atom is 0.152 e. The zero-order chi connectivity index (χ0) is 20.8. The van der Waals surface area contributed by atoms with Gasteiger partial charge in [0.25, 0.3) is 0 Å². The first-order valence-corrected chi connectivity index (χ1v) is 11.7. The van der Waals surface area contributed by atoms with E-state index >= 15 is 0 Å². The normalized spacial score (nSPS) is 22.3. The summed E-state index contributed by atoms with van der Waals surface area (Å²) < 4.78 is 52.9. The van der Waals surface area contributed by atoms with Crippen molar-refractivity contribution in [2.45, 2.75) is 32.9 Å². The van der Waals surface area contributed by atoms with Gasteiger partial charge in [-0.25, -0.2) is 17.2 Å². The van der Waals surface area contributed by atoms with Crippen LogP contribution in [0.2, 0.25) is 0 Å². The number of benzene rings is 1. The highest BCUT2D eigenvalue weighted by atomic mass is 32.2. The summed E-state index contributed by atoms with van der Waals surface area (Å²) in [6, 6.07) is 3.47. The van der Waals surface area contributed by atoms with E-state index in [0.29, 0.717) is 18.5 Å². The van der Waals surface area contributed by atoms with E-state index in [2.05, 4.69) is 14.9 Å². The molecule has 2 saturated heterocycles. The molecule has 0 saturated carbocycles. The number of anilines is 1. The average molecular weight is 425 g/mol. The smallest absolute Gasteiger partial charge is 0.152 e. The van der Waals surface area contributed by atoms with Crippen molar-refractivity contribution in [3.8, 4) is 0 Å². The fourth-order valence-corrected chi connectivity index (χ4v) is 6.16. The van der Waals surface area contributed by atoms with Crippen LogP contribution < -0.4 is 4.90 Å². The molecule has 1 atom stereocenters. The Kier molecular flexibility index (Phi) is 5.37. The lowest BCUT2D eigenvalue weighted by molar-refractivity contribution is 0.246. The van der Waals surface area contributed by atoms with Gasteiger partial charge >= 0.3 is 0 Å². The molecule has 2 aliphatic heterocycles. The lowest BCUT2D eigenvalue weighted by atomic mass is 10.1. The van der Waals surface area contributed by atoms with Gasteiger partial charge in [0.05, 0.1) is 34.6 Å². The molecule has 0 aliphatic carbocycles. The summed E-state index contributed by atoms with van der Waals surface area (Å²) in [6.45, 7) is 7.32. The zero-order valence-corrected chi connectivity index (χ0v) is 17.6. The fraction of sp³-hybridized carbons (Fsp3) is 0.550. The lowest BCUT2D eigenvalue weighted by Crippen LogP contribution is -2.46. The van der Waals surface area contributed by atoms with Gasteiger partial charge < -0.3 is 4.90 Å². The van der Waals surface area contributed by atoms with Crippen LogP contribution in [-0.2, 0) is 16.4 Å². The summed E-state index contributed by atoms with van der Waals surface area (Å²) in [4.78, 5) is 4.38. The predicted octanol–water partition coefficient (Wildman–Crippen LogP) is 2.46. The van der Waals surface area contributed by atoms with Gasteiger partial charge in [-0.3, -0.25) is 9.58 Å². The average Bonchev–Trinajstić information content (AvgIpc) is 3.17. The maximum absolute atomic E-state index is 13.9. The molecule has 2 aliphatic rings. The van der Waals surface area contributed by atoms with E-state index in [1.165, 1.54) is 12.1 Å². The number of hydrogen-bond donors (Lipinski definition) is 0. The molecule has 158 valence electrons. The first-order valence-electron chi connectivity index (χ1n) is 9.91. The molecule has 0 radical (unpaired) electrons. The zero-order valence-electron chi connectivity index (χ0n) is 16.7. The minimum Gasteiger partial charge on any atom is -0.366 e. The van der Waals surface area contributed by atoms with Crippen molar-refractivity contribution in [3.63, 3.8) is 0 Å². The second kappa shape index (κ2) is 7.68. The van der Waals surface area contributed by atoms with Gasteiger partial charge in [0.15, 0.2) is 9.84 Å². The molecule has 4 rings (SSSR count). The number of rotatable bonds is 4. The molecular formula is C20H26F2N4O2S. The lowest BCUT2D eigenvalue weighted by Gasteiger charge is -2.36. The summed E-state index contributed by atoms with van der Waals surface area (Å²) in [5, 5.41) is 4.65. The molecule has 2 aromatic rings. The van der Waals surface area contributed by atoms with E-state index in [1.807, 2.05) is 18.5 Å². The minimum atomic E-state index is -2.97. The Hall–Kier alpha value is -2.00. The molecule has 29 heavy (non-hydrogen) atoms. The largest absolute Gasteiger partial charge is 0.366 e. The molecule has 1 aromatic carbocycles. The van der Waals surface area contributed by atoms with Crippen molar-refractivity contribution >= 4 is 15.5 Å². The van der Waals surface area contributed by atoms with Crippen LogP contribution in [0.25, 0.3) is 0 Å². The monoisotopic (exact) mass is 424 g/mol. The van der Waals surface area contributed by atoms with Gasteiger partial charge in [0, 0.05) is 38.3 Å². The predicted molar refractivity (Wildman–Crippen MR) is 108 cm³/mol. The van der Waals surface area contributed by atoms with Crippen LogP contribution in [-0.4, -0.2) is 60.8 Å². The summed E-state index contributed by atoms with van der Waals surface area (Å²) in [5.41, 5.74) is 3.33. The summed E-state index contributed by atoms with van der Waals surface area (Å²) in [7, 11) is -2.97. The summed E-state index contributed by atoms with van der Waals surface area (Å²) >= 11 is 0. The Balaban J connectivity index is 1.44. The van der Waals surface area contributed by atoms with Crippen LogP contribution in [0.3, 0.4) is 0 Å². The molecule has 1 unspecified atom stereocenters. The van der Waals surface area contributed by atoms with E-state index in [-0.39, 0.29) is 23.4 Å². The number of hydrogen-bond acceptors (Lipinski definition) is 5. The van der Waals surface area contributed by atoms with Gasteiger partial charge in [0.1, 0.15) is 11.6 Å². The number of piperazine rings is 1. The quantitative estimate of drug-likeness (QED) is 0.755. The van der Waals surface area contributed by atoms with Crippen LogP contribution in [0.4, 0.5) is 14.5 Å². The standard InChI is InChI=1S/C20H26F2N4O2S/c1-14-20(15(2)26(23-14)18-5-10-29(27,28)13-18)25-8-6-24(7-9-25)12-16-11-17(21)3-4-19(16)22/h3-4,11,18H,5-10,12-13H2,1-2H3. The molecule has 0 spiro atoms. The molecule has 0 bridgehead atoms. The third kappa shape index (κ3) is 4.16. The van der Waals surface area contributed by atoms with Crippen molar-refractivity contribution in [2.75, 3.05) is 42.6 Å². The molecule has 0 amide bonds. The third-order valence-corrected chi connectivity index (χ3v) is 7.68. The Bertz CT molecular complexity index is 1010. The molecule has 0 N–H and O–H groups in total. The van der Waals surface area contributed by atoms with E-state index in [0.717, 1.165) is 49.3 Å². The van der Waals surface area contributed by atoms with Gasteiger partial charge in [0.2, 0.25) is 0 Å². The van der Waals surface area contributed by atoms with Crippen LogP contribution in [0, 0.1) is 25.5 Å². The van der Waals surface area contributed by atoms with E-state index < -0.39 is 15.7 Å². The number of sulfone groups is 1. The maximum atomic E-state index is 13.9. The van der Waals surface area contributed by atoms with Crippen molar-refractivity contribution in [1.29, 1.82) is 0 Å². The highest BCUT2D eigenvalue weighted by Crippen LogP contribution is 2.31. The number of aromatic nitrogens is 2. The van der Waals surface area contributed by atoms with E-state index in [1.54, 1.807) is 0 Å². The van der Waals surface area contributed by atoms with E-state index in [9.17, 15) is 17.2 Å². The Labute approximate surface area is 170 Å². The van der Waals surface area contributed by atoms with Crippen molar-refractivity contribution in [3.05, 3.63) is 46.8 Å². The van der Waals surface area contributed by atoms with Gasteiger partial charge in [-0.1, -0.05) is 0 Å². The van der Waals surface area contributed by atoms with Crippen molar-refractivity contribution in [2.24, 2.45) is 0 Å². The molecular weight excluding hydrogens is 398 g/mol. The molecule has 2 fully saturated rings. The molecule has 1 aromatic heterocycles. The topological polar surface area (TPSA) is 58.4 Å². The Morgan fingerprint density at radius 1 is 1.14 bits per heavy atom. The fourth-order valence-electron chi connectivity index (χ4n) is 4.47. The van der Waals surface area contributed by atoms with Crippen LogP contribution >= 0.6 is 0 Å². The summed E-state index contributed by atoms with van der Waals surface area (Å²) in [6.07, 6.45) is 0.608. The SMILES string of the molecule is Cc1nn(C2CCS(=O)(=O)C2)c(C)c1N1CCN(Cc2cc(F)ccc2F)CC1. The van der Waals surface area contributed by atoms with Crippen LogP contribution in [0.15, 0.2) is 18.2 Å².